The number of halogens is 1. The molecule has 0 bridgehead atoms. The van der Waals surface area contributed by atoms with Gasteiger partial charge in [-0.3, -0.25) is 4.79 Å². The second-order valence-electron chi connectivity index (χ2n) is 5.60. The van der Waals surface area contributed by atoms with Gasteiger partial charge < -0.3 is 15.5 Å². The lowest BCUT2D eigenvalue weighted by Crippen LogP contribution is -2.36. The van der Waals surface area contributed by atoms with E-state index in [9.17, 15) is 9.59 Å². The van der Waals surface area contributed by atoms with E-state index in [4.69, 9.17) is 11.6 Å². The van der Waals surface area contributed by atoms with Crippen LogP contribution in [0.15, 0.2) is 18.2 Å². The molecule has 22 heavy (non-hydrogen) atoms. The Labute approximate surface area is 136 Å². The molecular formula is C16H22ClN3O2. The van der Waals surface area contributed by atoms with Gasteiger partial charge in [-0.2, -0.15) is 0 Å². The Morgan fingerprint density at radius 2 is 2.00 bits per heavy atom. The maximum Gasteiger partial charge on any atom is 0.319 e. The van der Waals surface area contributed by atoms with Gasteiger partial charge in [0, 0.05) is 24.2 Å². The van der Waals surface area contributed by atoms with Crippen molar-refractivity contribution >= 4 is 29.2 Å². The summed E-state index contributed by atoms with van der Waals surface area (Å²) in [6.45, 7) is 5.43. The van der Waals surface area contributed by atoms with E-state index < -0.39 is 0 Å². The van der Waals surface area contributed by atoms with Crippen LogP contribution in [0, 0.1) is 0 Å². The highest BCUT2D eigenvalue weighted by atomic mass is 35.5. The van der Waals surface area contributed by atoms with Gasteiger partial charge in [-0.1, -0.05) is 18.5 Å². The minimum absolute atomic E-state index is 0.0741. The SMILES string of the molecule is CC[C@H](C)NC(=O)Nc1ccc(Cl)cc1C(=O)N1CCCC1. The molecule has 2 rings (SSSR count). The van der Waals surface area contributed by atoms with Crippen molar-refractivity contribution < 1.29 is 9.59 Å². The zero-order chi connectivity index (χ0) is 16.1. The summed E-state index contributed by atoms with van der Waals surface area (Å²) in [6.07, 6.45) is 2.88. The van der Waals surface area contributed by atoms with Crippen LogP contribution < -0.4 is 10.6 Å². The van der Waals surface area contributed by atoms with Gasteiger partial charge in [0.05, 0.1) is 11.3 Å². The molecule has 0 spiro atoms. The van der Waals surface area contributed by atoms with Gasteiger partial charge in [0.25, 0.3) is 5.91 Å². The molecule has 2 N–H and O–H groups in total. The molecule has 120 valence electrons. The number of benzene rings is 1. The molecule has 3 amide bonds. The summed E-state index contributed by atoms with van der Waals surface area (Å²) in [6, 6.07) is 4.71. The number of nitrogens with zero attached hydrogens (tertiary/aromatic N) is 1. The van der Waals surface area contributed by atoms with Crippen molar-refractivity contribution in [2.75, 3.05) is 18.4 Å². The summed E-state index contributed by atoms with van der Waals surface area (Å²) in [5, 5.41) is 6.05. The Bertz CT molecular complexity index is 556. The molecule has 1 atom stereocenters. The zero-order valence-electron chi connectivity index (χ0n) is 13.0. The molecule has 1 aromatic rings. The van der Waals surface area contributed by atoms with E-state index in [0.29, 0.717) is 16.3 Å². The van der Waals surface area contributed by atoms with Crippen molar-refractivity contribution in [2.24, 2.45) is 0 Å². The molecule has 1 aromatic carbocycles. The summed E-state index contributed by atoms with van der Waals surface area (Å²) in [5.41, 5.74) is 0.927. The summed E-state index contributed by atoms with van der Waals surface area (Å²) >= 11 is 6.01. The van der Waals surface area contributed by atoms with Crippen LogP contribution in [0.25, 0.3) is 0 Å². The first-order valence-corrected chi connectivity index (χ1v) is 8.05. The number of likely N-dealkylation sites (tertiary alicyclic amines) is 1. The largest absolute Gasteiger partial charge is 0.339 e. The van der Waals surface area contributed by atoms with Crippen molar-refractivity contribution in [1.29, 1.82) is 0 Å². The number of rotatable bonds is 4. The van der Waals surface area contributed by atoms with Crippen LogP contribution >= 0.6 is 11.6 Å². The number of hydrogen-bond donors (Lipinski definition) is 2. The van der Waals surface area contributed by atoms with Crippen LogP contribution in [0.2, 0.25) is 5.02 Å². The van der Waals surface area contributed by atoms with Gasteiger partial charge in [0.2, 0.25) is 0 Å². The van der Waals surface area contributed by atoms with Crippen molar-refractivity contribution in [3.63, 3.8) is 0 Å². The molecule has 0 unspecified atom stereocenters. The predicted octanol–water partition coefficient (Wildman–Crippen LogP) is 3.50. The van der Waals surface area contributed by atoms with Gasteiger partial charge in [0.15, 0.2) is 0 Å². The molecule has 0 aliphatic carbocycles. The van der Waals surface area contributed by atoms with E-state index in [1.807, 2.05) is 13.8 Å². The molecule has 5 nitrogen and oxygen atoms in total. The molecular weight excluding hydrogens is 302 g/mol. The van der Waals surface area contributed by atoms with Crippen LogP contribution in [-0.2, 0) is 0 Å². The van der Waals surface area contributed by atoms with E-state index in [0.717, 1.165) is 32.4 Å². The number of anilines is 1. The minimum atomic E-state index is -0.313. The van der Waals surface area contributed by atoms with Gasteiger partial charge >= 0.3 is 6.03 Å². The lowest BCUT2D eigenvalue weighted by molar-refractivity contribution is 0.0794. The fourth-order valence-electron chi connectivity index (χ4n) is 2.38. The first kappa shape index (κ1) is 16.6. The Kier molecular flexibility index (Phi) is 5.66. The molecule has 1 aliphatic rings. The highest BCUT2D eigenvalue weighted by Gasteiger charge is 2.23. The van der Waals surface area contributed by atoms with Crippen molar-refractivity contribution in [2.45, 2.75) is 39.2 Å². The van der Waals surface area contributed by atoms with Gasteiger partial charge in [-0.25, -0.2) is 4.79 Å². The number of hydrogen-bond acceptors (Lipinski definition) is 2. The third kappa shape index (κ3) is 4.13. The van der Waals surface area contributed by atoms with Gasteiger partial charge in [0.1, 0.15) is 0 Å². The highest BCUT2D eigenvalue weighted by molar-refractivity contribution is 6.31. The van der Waals surface area contributed by atoms with E-state index >= 15 is 0 Å². The van der Waals surface area contributed by atoms with Gasteiger partial charge in [-0.15, -0.1) is 0 Å². The lowest BCUT2D eigenvalue weighted by Gasteiger charge is -2.19. The second kappa shape index (κ2) is 7.49. The number of carbonyl (C=O) groups is 2. The molecule has 0 saturated carbocycles. The Morgan fingerprint density at radius 1 is 1.32 bits per heavy atom. The molecule has 1 heterocycles. The first-order valence-electron chi connectivity index (χ1n) is 7.67. The van der Waals surface area contributed by atoms with Crippen LogP contribution in [0.3, 0.4) is 0 Å². The number of carbonyl (C=O) groups excluding carboxylic acids is 2. The fraction of sp³-hybridized carbons (Fsp3) is 0.500. The smallest absolute Gasteiger partial charge is 0.319 e. The number of amides is 3. The van der Waals surface area contributed by atoms with E-state index in [1.54, 1.807) is 23.1 Å². The average Bonchev–Trinajstić information content (AvgIpc) is 3.02. The van der Waals surface area contributed by atoms with Crippen LogP contribution in [-0.4, -0.2) is 36.0 Å². The Balaban J connectivity index is 2.16. The minimum Gasteiger partial charge on any atom is -0.339 e. The molecule has 0 radical (unpaired) electrons. The van der Waals surface area contributed by atoms with Gasteiger partial charge in [-0.05, 0) is 44.4 Å². The molecule has 1 saturated heterocycles. The van der Waals surface area contributed by atoms with Crippen LogP contribution in [0.1, 0.15) is 43.5 Å². The summed E-state index contributed by atoms with van der Waals surface area (Å²) in [5.74, 6) is -0.0844. The normalized spacial score (nSPS) is 15.5. The quantitative estimate of drug-likeness (QED) is 0.891. The standard InChI is InChI=1S/C16H22ClN3O2/c1-3-11(2)18-16(22)19-14-7-6-12(17)10-13(14)15(21)20-8-4-5-9-20/h6-7,10-11H,3-5,8-9H2,1-2H3,(H2,18,19,22)/t11-/m0/s1. The maximum atomic E-state index is 12.6. The van der Waals surface area contributed by atoms with E-state index in [-0.39, 0.29) is 18.0 Å². The van der Waals surface area contributed by atoms with Crippen LogP contribution in [0.5, 0.6) is 0 Å². The zero-order valence-corrected chi connectivity index (χ0v) is 13.7. The molecule has 0 aromatic heterocycles. The second-order valence-corrected chi connectivity index (χ2v) is 6.03. The fourth-order valence-corrected chi connectivity index (χ4v) is 2.55. The van der Waals surface area contributed by atoms with E-state index in [1.165, 1.54) is 0 Å². The maximum absolute atomic E-state index is 12.6. The van der Waals surface area contributed by atoms with Crippen LogP contribution in [0.4, 0.5) is 10.5 Å². The van der Waals surface area contributed by atoms with E-state index in [2.05, 4.69) is 10.6 Å². The molecule has 1 fully saturated rings. The lowest BCUT2D eigenvalue weighted by atomic mass is 10.1. The average molecular weight is 324 g/mol. The summed E-state index contributed by atoms with van der Waals surface area (Å²) in [7, 11) is 0. The number of urea groups is 1. The van der Waals surface area contributed by atoms with Crippen molar-refractivity contribution in [3.05, 3.63) is 28.8 Å². The summed E-state index contributed by atoms with van der Waals surface area (Å²) < 4.78 is 0. The topological polar surface area (TPSA) is 61.4 Å². The Morgan fingerprint density at radius 3 is 2.64 bits per heavy atom. The molecule has 1 aliphatic heterocycles. The molecule has 6 heteroatoms. The third-order valence-corrected chi connectivity index (χ3v) is 4.08. The number of nitrogens with one attached hydrogen (secondary N) is 2. The van der Waals surface area contributed by atoms with Crippen molar-refractivity contribution in [1.82, 2.24) is 10.2 Å². The predicted molar refractivity (Wildman–Crippen MR) is 88.5 cm³/mol. The monoisotopic (exact) mass is 323 g/mol. The summed E-state index contributed by atoms with van der Waals surface area (Å²) in [4.78, 5) is 26.4. The third-order valence-electron chi connectivity index (χ3n) is 3.84. The highest BCUT2D eigenvalue weighted by Crippen LogP contribution is 2.24. The van der Waals surface area contributed by atoms with Crippen molar-refractivity contribution in [3.8, 4) is 0 Å². The first-order chi connectivity index (χ1) is 10.5. The Hall–Kier alpha value is -1.75.